The molecule has 0 radical (unpaired) electrons. The van der Waals surface area contributed by atoms with Gasteiger partial charge >= 0.3 is 0 Å². The molecule has 0 aliphatic carbocycles. The predicted molar refractivity (Wildman–Crippen MR) is 129 cm³/mol. The lowest BCUT2D eigenvalue weighted by molar-refractivity contribution is 0.0746. The summed E-state index contributed by atoms with van der Waals surface area (Å²) in [5.41, 5.74) is 2.07. The number of hydrogen-bond donors (Lipinski definition) is 0. The molecule has 0 unspecified atom stereocenters. The van der Waals surface area contributed by atoms with Crippen LogP contribution in [-0.4, -0.2) is 81.1 Å². The van der Waals surface area contributed by atoms with Gasteiger partial charge < -0.3 is 14.5 Å². The predicted octanol–water partition coefficient (Wildman–Crippen LogP) is 2.36. The summed E-state index contributed by atoms with van der Waals surface area (Å²) in [6, 6.07) is 17.6. The molecule has 0 saturated carbocycles. The number of methoxy groups -OCH3 is 1. The van der Waals surface area contributed by atoms with Crippen LogP contribution < -0.4 is 9.64 Å². The Morgan fingerprint density at radius 1 is 0.912 bits per heavy atom. The molecule has 1 saturated heterocycles. The summed E-state index contributed by atoms with van der Waals surface area (Å²) in [6.07, 6.45) is 0. The third-order valence-electron chi connectivity index (χ3n) is 5.80. The molecule has 0 atom stereocenters. The lowest BCUT2D eigenvalue weighted by atomic mass is 10.1. The Morgan fingerprint density at radius 3 is 2.18 bits per heavy atom. The maximum absolute atomic E-state index is 12.9. The van der Waals surface area contributed by atoms with E-state index in [1.54, 1.807) is 24.1 Å². The molecule has 10 heteroatoms. The van der Waals surface area contributed by atoms with Crippen molar-refractivity contribution in [3.05, 3.63) is 66.2 Å². The first-order chi connectivity index (χ1) is 16.3. The highest BCUT2D eigenvalue weighted by Crippen LogP contribution is 2.28. The van der Waals surface area contributed by atoms with Gasteiger partial charge in [0.15, 0.2) is 5.82 Å². The van der Waals surface area contributed by atoms with Crippen LogP contribution in [0.2, 0.25) is 0 Å². The summed E-state index contributed by atoms with van der Waals surface area (Å²) >= 11 is 0. The Kier molecular flexibility index (Phi) is 6.80. The van der Waals surface area contributed by atoms with Gasteiger partial charge in [0.25, 0.3) is 5.91 Å². The summed E-state index contributed by atoms with van der Waals surface area (Å²) in [4.78, 5) is 16.9. The highest BCUT2D eigenvalue weighted by Gasteiger charge is 2.24. The molecule has 1 aromatic heterocycles. The molecule has 1 fully saturated rings. The lowest BCUT2D eigenvalue weighted by Crippen LogP contribution is -2.49. The van der Waals surface area contributed by atoms with E-state index in [1.807, 2.05) is 36.4 Å². The maximum atomic E-state index is 12.9. The molecular formula is C24H27N5O4S. The summed E-state index contributed by atoms with van der Waals surface area (Å²) in [7, 11) is 1.05. The number of ether oxygens (including phenoxy) is 1. The second-order valence-electron chi connectivity index (χ2n) is 8.07. The number of piperazine rings is 1. The number of para-hydroxylation sites is 1. The lowest BCUT2D eigenvalue weighted by Gasteiger charge is -2.35. The van der Waals surface area contributed by atoms with Crippen molar-refractivity contribution in [2.45, 2.75) is 4.90 Å². The third kappa shape index (κ3) is 4.73. The number of rotatable bonds is 6. The van der Waals surface area contributed by atoms with Crippen molar-refractivity contribution in [3.63, 3.8) is 0 Å². The standard InChI is InChI=1S/C24H27N5O4S/c1-27(2)34(31,32)19-10-8-18(9-11-19)24(30)29-16-14-28(15-17-29)23-13-12-21(25-26-23)20-6-4-5-7-22(20)33-3/h4-13H,14-17H2,1-3H3. The van der Waals surface area contributed by atoms with Gasteiger partial charge in [-0.25, -0.2) is 12.7 Å². The first-order valence-electron chi connectivity index (χ1n) is 10.8. The van der Waals surface area contributed by atoms with Crippen LogP contribution in [0.4, 0.5) is 5.82 Å². The van der Waals surface area contributed by atoms with E-state index >= 15 is 0 Å². The monoisotopic (exact) mass is 481 g/mol. The van der Waals surface area contributed by atoms with Gasteiger partial charge in [-0.2, -0.15) is 0 Å². The smallest absolute Gasteiger partial charge is 0.253 e. The second kappa shape index (κ2) is 9.78. The Hall–Kier alpha value is -3.50. The number of nitrogens with zero attached hydrogens (tertiary/aromatic N) is 5. The van der Waals surface area contributed by atoms with Gasteiger partial charge in [-0.3, -0.25) is 4.79 Å². The Balaban J connectivity index is 1.39. The highest BCUT2D eigenvalue weighted by atomic mass is 32.2. The van der Waals surface area contributed by atoms with Crippen LogP contribution in [0.5, 0.6) is 5.75 Å². The molecule has 9 nitrogen and oxygen atoms in total. The number of hydrogen-bond acceptors (Lipinski definition) is 7. The number of benzene rings is 2. The average molecular weight is 482 g/mol. The van der Waals surface area contributed by atoms with Crippen LogP contribution in [0.15, 0.2) is 65.6 Å². The van der Waals surface area contributed by atoms with Crippen LogP contribution in [0.3, 0.4) is 0 Å². The topological polar surface area (TPSA) is 95.9 Å². The molecule has 4 rings (SSSR count). The van der Waals surface area contributed by atoms with E-state index in [0.717, 1.165) is 27.1 Å². The normalized spacial score (nSPS) is 14.4. The van der Waals surface area contributed by atoms with Crippen LogP contribution in [0.25, 0.3) is 11.3 Å². The number of anilines is 1. The molecule has 34 heavy (non-hydrogen) atoms. The molecule has 0 spiro atoms. The molecule has 1 aliphatic rings. The zero-order chi connectivity index (χ0) is 24.3. The number of amides is 1. The van der Waals surface area contributed by atoms with Crippen molar-refractivity contribution in [1.82, 2.24) is 19.4 Å². The third-order valence-corrected chi connectivity index (χ3v) is 7.63. The van der Waals surface area contributed by atoms with Gasteiger partial charge in [0.05, 0.1) is 17.7 Å². The van der Waals surface area contributed by atoms with Crippen molar-refractivity contribution in [3.8, 4) is 17.0 Å². The van der Waals surface area contributed by atoms with Crippen LogP contribution in [-0.2, 0) is 10.0 Å². The largest absolute Gasteiger partial charge is 0.496 e. The molecule has 3 aromatic rings. The molecule has 2 aromatic carbocycles. The summed E-state index contributed by atoms with van der Waals surface area (Å²) < 4.78 is 31.0. The summed E-state index contributed by atoms with van der Waals surface area (Å²) in [5.74, 6) is 1.37. The van der Waals surface area contributed by atoms with Gasteiger partial charge in [-0.15, -0.1) is 10.2 Å². The minimum Gasteiger partial charge on any atom is -0.496 e. The van der Waals surface area contributed by atoms with E-state index in [0.29, 0.717) is 31.7 Å². The van der Waals surface area contributed by atoms with Crippen molar-refractivity contribution < 1.29 is 17.9 Å². The number of aromatic nitrogens is 2. The van der Waals surface area contributed by atoms with Crippen molar-refractivity contribution in [2.24, 2.45) is 0 Å². The van der Waals surface area contributed by atoms with Crippen LogP contribution in [0.1, 0.15) is 10.4 Å². The van der Waals surface area contributed by atoms with E-state index < -0.39 is 10.0 Å². The van der Waals surface area contributed by atoms with Crippen molar-refractivity contribution in [2.75, 3.05) is 52.3 Å². The summed E-state index contributed by atoms with van der Waals surface area (Å²) in [5, 5.41) is 8.76. The van der Waals surface area contributed by atoms with E-state index in [1.165, 1.54) is 26.2 Å². The molecule has 0 bridgehead atoms. The van der Waals surface area contributed by atoms with E-state index in [2.05, 4.69) is 15.1 Å². The first-order valence-corrected chi connectivity index (χ1v) is 12.3. The van der Waals surface area contributed by atoms with Gasteiger partial charge in [0, 0.05) is 51.4 Å². The molecule has 2 heterocycles. The fraction of sp³-hybridized carbons (Fsp3) is 0.292. The van der Waals surface area contributed by atoms with Crippen LogP contribution >= 0.6 is 0 Å². The van der Waals surface area contributed by atoms with E-state index in [-0.39, 0.29) is 10.8 Å². The average Bonchev–Trinajstić information content (AvgIpc) is 2.88. The first kappa shape index (κ1) is 23.7. The van der Waals surface area contributed by atoms with E-state index in [9.17, 15) is 13.2 Å². The molecule has 178 valence electrons. The molecule has 1 amide bonds. The van der Waals surface area contributed by atoms with Gasteiger partial charge in [0.1, 0.15) is 5.75 Å². The number of carbonyl (C=O) groups excluding carboxylic acids is 1. The molecule has 1 aliphatic heterocycles. The second-order valence-corrected chi connectivity index (χ2v) is 10.2. The number of sulfonamides is 1. The Labute approximate surface area is 199 Å². The number of carbonyl (C=O) groups is 1. The van der Waals surface area contributed by atoms with E-state index in [4.69, 9.17) is 4.74 Å². The minimum absolute atomic E-state index is 0.119. The molecular weight excluding hydrogens is 454 g/mol. The Bertz CT molecular complexity index is 1250. The van der Waals surface area contributed by atoms with Gasteiger partial charge in [0.2, 0.25) is 10.0 Å². The summed E-state index contributed by atoms with van der Waals surface area (Å²) in [6.45, 7) is 2.32. The Morgan fingerprint density at radius 2 is 1.59 bits per heavy atom. The minimum atomic E-state index is -3.53. The zero-order valence-electron chi connectivity index (χ0n) is 19.4. The fourth-order valence-corrected chi connectivity index (χ4v) is 4.70. The SMILES string of the molecule is COc1ccccc1-c1ccc(N2CCN(C(=O)c3ccc(S(=O)(=O)N(C)C)cc3)CC2)nn1. The fourth-order valence-electron chi connectivity index (χ4n) is 3.80. The zero-order valence-corrected chi connectivity index (χ0v) is 20.2. The van der Waals surface area contributed by atoms with Gasteiger partial charge in [-0.1, -0.05) is 12.1 Å². The van der Waals surface area contributed by atoms with Gasteiger partial charge in [-0.05, 0) is 48.5 Å². The molecule has 0 N–H and O–H groups in total. The van der Waals surface area contributed by atoms with Crippen LogP contribution in [0, 0.1) is 0 Å². The van der Waals surface area contributed by atoms with Crippen molar-refractivity contribution >= 4 is 21.7 Å². The quantitative estimate of drug-likeness (QED) is 0.533. The van der Waals surface area contributed by atoms with Crippen molar-refractivity contribution in [1.29, 1.82) is 0 Å². The maximum Gasteiger partial charge on any atom is 0.253 e. The highest BCUT2D eigenvalue weighted by molar-refractivity contribution is 7.89.